The lowest BCUT2D eigenvalue weighted by atomic mass is 10.3. The van der Waals surface area contributed by atoms with Crippen LogP contribution in [0.2, 0.25) is 4.34 Å². The molecule has 0 radical (unpaired) electrons. The molecule has 2 heterocycles. The van der Waals surface area contributed by atoms with Gasteiger partial charge in [-0.2, -0.15) is 0 Å². The minimum Gasteiger partial charge on any atom is -0.299 e. The molecule has 6 heteroatoms. The lowest BCUT2D eigenvalue weighted by Gasteiger charge is -2.13. The molecule has 0 bridgehead atoms. The number of hydrogen-bond acceptors (Lipinski definition) is 5. The van der Waals surface area contributed by atoms with E-state index < -0.39 is 0 Å². The fourth-order valence-electron chi connectivity index (χ4n) is 2.04. The van der Waals surface area contributed by atoms with E-state index in [9.17, 15) is 0 Å². The summed E-state index contributed by atoms with van der Waals surface area (Å²) in [4.78, 5) is 10.5. The highest BCUT2D eigenvalue weighted by Gasteiger charge is 2.30. The van der Waals surface area contributed by atoms with Crippen LogP contribution >= 0.6 is 34.3 Å². The maximum atomic E-state index is 6.02. The van der Waals surface area contributed by atoms with E-state index in [0.717, 1.165) is 20.8 Å². The Kier molecular flexibility index (Phi) is 3.89. The molecule has 19 heavy (non-hydrogen) atoms. The van der Waals surface area contributed by atoms with E-state index in [4.69, 9.17) is 16.6 Å². The van der Waals surface area contributed by atoms with Crippen molar-refractivity contribution in [3.63, 3.8) is 0 Å². The Balaban J connectivity index is 1.92. The summed E-state index contributed by atoms with van der Waals surface area (Å²) >= 11 is 9.33. The van der Waals surface area contributed by atoms with Crippen LogP contribution in [-0.4, -0.2) is 16.0 Å². The summed E-state index contributed by atoms with van der Waals surface area (Å²) in [6.07, 6.45) is 5.21. The van der Waals surface area contributed by atoms with Crippen molar-refractivity contribution in [1.29, 1.82) is 0 Å². The minimum atomic E-state index is 0.106. The predicted molar refractivity (Wildman–Crippen MR) is 81.4 cm³/mol. The van der Waals surface area contributed by atoms with E-state index in [2.05, 4.69) is 24.1 Å². The van der Waals surface area contributed by atoms with Crippen LogP contribution in [0.15, 0.2) is 6.20 Å². The first kappa shape index (κ1) is 13.5. The van der Waals surface area contributed by atoms with Gasteiger partial charge >= 0.3 is 0 Å². The van der Waals surface area contributed by atoms with Gasteiger partial charge in [-0.15, -0.1) is 22.7 Å². The number of rotatable bonds is 5. The van der Waals surface area contributed by atoms with Crippen molar-refractivity contribution in [2.45, 2.75) is 45.2 Å². The van der Waals surface area contributed by atoms with Crippen LogP contribution in [0.1, 0.15) is 46.4 Å². The summed E-state index contributed by atoms with van der Waals surface area (Å²) in [6, 6.07) is 0.718. The standard InChI is InChI=1S/C13H16ClN3S2/c1-3-9-7(2)18-13(17-9)11(16-8-4-5-8)12-15-6-10(14)19-12/h6,8,11,16H,3-5H2,1-2H3. The van der Waals surface area contributed by atoms with Gasteiger partial charge in [-0.25, -0.2) is 9.97 Å². The van der Waals surface area contributed by atoms with E-state index >= 15 is 0 Å². The summed E-state index contributed by atoms with van der Waals surface area (Å²) < 4.78 is 0.738. The van der Waals surface area contributed by atoms with Crippen LogP contribution in [0.3, 0.4) is 0 Å². The van der Waals surface area contributed by atoms with Crippen molar-refractivity contribution in [2.24, 2.45) is 0 Å². The van der Waals surface area contributed by atoms with Gasteiger partial charge in [0.05, 0.1) is 11.9 Å². The fourth-order valence-corrected chi connectivity index (χ4v) is 4.18. The van der Waals surface area contributed by atoms with Gasteiger partial charge < -0.3 is 0 Å². The van der Waals surface area contributed by atoms with E-state index in [-0.39, 0.29) is 6.04 Å². The predicted octanol–water partition coefficient (Wildman–Crippen LogP) is 3.97. The van der Waals surface area contributed by atoms with Crippen molar-refractivity contribution in [3.8, 4) is 0 Å². The molecule has 0 aromatic carbocycles. The molecule has 1 N–H and O–H groups in total. The Labute approximate surface area is 126 Å². The molecule has 0 amide bonds. The Bertz CT molecular complexity index is 574. The second-order valence-electron chi connectivity index (χ2n) is 4.79. The lowest BCUT2D eigenvalue weighted by Crippen LogP contribution is -2.24. The molecule has 2 aromatic rings. The van der Waals surface area contributed by atoms with Crippen molar-refractivity contribution in [2.75, 3.05) is 0 Å². The molecule has 1 saturated carbocycles. The van der Waals surface area contributed by atoms with Crippen LogP contribution < -0.4 is 5.32 Å². The Morgan fingerprint density at radius 1 is 1.42 bits per heavy atom. The zero-order valence-electron chi connectivity index (χ0n) is 10.9. The largest absolute Gasteiger partial charge is 0.299 e. The van der Waals surface area contributed by atoms with E-state index in [0.29, 0.717) is 6.04 Å². The van der Waals surface area contributed by atoms with Gasteiger partial charge in [-0.3, -0.25) is 5.32 Å². The minimum absolute atomic E-state index is 0.106. The van der Waals surface area contributed by atoms with Gasteiger partial charge in [-0.05, 0) is 26.2 Å². The lowest BCUT2D eigenvalue weighted by molar-refractivity contribution is 0.594. The van der Waals surface area contributed by atoms with Crippen LogP contribution in [0, 0.1) is 6.92 Å². The number of thiazole rings is 2. The quantitative estimate of drug-likeness (QED) is 0.907. The summed E-state index contributed by atoms with van der Waals surface area (Å²) in [7, 11) is 0. The van der Waals surface area contributed by atoms with Crippen molar-refractivity contribution >= 4 is 34.3 Å². The maximum absolute atomic E-state index is 6.02. The third-order valence-electron chi connectivity index (χ3n) is 3.21. The van der Waals surface area contributed by atoms with Crippen LogP contribution in [0.4, 0.5) is 0 Å². The van der Waals surface area contributed by atoms with E-state index in [1.54, 1.807) is 28.9 Å². The zero-order chi connectivity index (χ0) is 13.4. The van der Waals surface area contributed by atoms with Gasteiger partial charge in [-0.1, -0.05) is 18.5 Å². The molecule has 0 aliphatic heterocycles. The highest BCUT2D eigenvalue weighted by molar-refractivity contribution is 7.16. The number of aryl methyl sites for hydroxylation is 2. The average molecular weight is 314 g/mol. The number of hydrogen-bond donors (Lipinski definition) is 1. The number of nitrogens with one attached hydrogen (secondary N) is 1. The first-order valence-electron chi connectivity index (χ1n) is 6.51. The van der Waals surface area contributed by atoms with Gasteiger partial charge in [0.2, 0.25) is 0 Å². The molecule has 1 unspecified atom stereocenters. The van der Waals surface area contributed by atoms with Gasteiger partial charge in [0, 0.05) is 10.9 Å². The molecule has 3 nitrogen and oxygen atoms in total. The Morgan fingerprint density at radius 3 is 2.74 bits per heavy atom. The van der Waals surface area contributed by atoms with Crippen LogP contribution in [-0.2, 0) is 6.42 Å². The second-order valence-corrected chi connectivity index (χ2v) is 7.71. The van der Waals surface area contributed by atoms with Crippen molar-refractivity contribution in [3.05, 3.63) is 31.1 Å². The molecule has 3 rings (SSSR count). The SMILES string of the molecule is CCc1nc(C(NC2CC2)c2ncc(Cl)s2)sc1C. The molecule has 2 aromatic heterocycles. The van der Waals surface area contributed by atoms with Gasteiger partial charge in [0.15, 0.2) is 0 Å². The van der Waals surface area contributed by atoms with E-state index in [1.165, 1.54) is 23.4 Å². The molecular formula is C13H16ClN3S2. The number of halogens is 1. The summed E-state index contributed by atoms with van der Waals surface area (Å²) in [5, 5.41) is 5.78. The smallest absolute Gasteiger partial charge is 0.118 e. The molecule has 0 spiro atoms. The third-order valence-corrected chi connectivity index (χ3v) is 5.47. The molecule has 102 valence electrons. The van der Waals surface area contributed by atoms with Gasteiger partial charge in [0.1, 0.15) is 20.4 Å². The molecule has 1 fully saturated rings. The molecule has 1 atom stereocenters. The van der Waals surface area contributed by atoms with Gasteiger partial charge in [0.25, 0.3) is 0 Å². The Morgan fingerprint density at radius 2 is 2.21 bits per heavy atom. The maximum Gasteiger partial charge on any atom is 0.118 e. The molecule has 1 aliphatic rings. The van der Waals surface area contributed by atoms with Crippen molar-refractivity contribution < 1.29 is 0 Å². The Hall–Kier alpha value is -0.490. The number of nitrogens with zero attached hydrogens (tertiary/aromatic N) is 2. The molecular weight excluding hydrogens is 298 g/mol. The zero-order valence-corrected chi connectivity index (χ0v) is 13.3. The molecule has 1 aliphatic carbocycles. The van der Waals surface area contributed by atoms with E-state index in [1.807, 2.05) is 0 Å². The summed E-state index contributed by atoms with van der Waals surface area (Å²) in [5.74, 6) is 0. The monoisotopic (exact) mass is 313 g/mol. The van der Waals surface area contributed by atoms with Crippen LogP contribution in [0.25, 0.3) is 0 Å². The second kappa shape index (κ2) is 5.48. The highest BCUT2D eigenvalue weighted by atomic mass is 35.5. The summed E-state index contributed by atoms with van der Waals surface area (Å²) in [6.45, 7) is 4.29. The first-order chi connectivity index (χ1) is 9.17. The topological polar surface area (TPSA) is 37.8 Å². The number of aromatic nitrogens is 2. The molecule has 0 saturated heterocycles. The van der Waals surface area contributed by atoms with Crippen molar-refractivity contribution in [1.82, 2.24) is 15.3 Å². The average Bonchev–Trinajstić information content (AvgIpc) is 2.99. The fraction of sp³-hybridized carbons (Fsp3) is 0.538. The highest BCUT2D eigenvalue weighted by Crippen LogP contribution is 2.35. The third kappa shape index (κ3) is 2.99. The normalized spacial score (nSPS) is 16.8. The van der Waals surface area contributed by atoms with Crippen LogP contribution in [0.5, 0.6) is 0 Å². The first-order valence-corrected chi connectivity index (χ1v) is 8.52. The summed E-state index contributed by atoms with van der Waals surface area (Å²) in [5.41, 5.74) is 1.20.